The van der Waals surface area contributed by atoms with Crippen LogP contribution in [0.15, 0.2) is 24.8 Å². The van der Waals surface area contributed by atoms with Crippen LogP contribution in [-0.4, -0.2) is 52.0 Å². The highest BCUT2D eigenvalue weighted by molar-refractivity contribution is 5.86. The Hall–Kier alpha value is -3.79. The summed E-state index contributed by atoms with van der Waals surface area (Å²) >= 11 is 0. The molecule has 2 aromatic rings. The van der Waals surface area contributed by atoms with Gasteiger partial charge in [0.1, 0.15) is 29.4 Å². The van der Waals surface area contributed by atoms with E-state index in [1.807, 2.05) is 11.0 Å². The largest absolute Gasteiger partial charge is 0.490 e. The smallest absolute Gasteiger partial charge is 0.243 e. The molecule has 0 atom stereocenters. The van der Waals surface area contributed by atoms with Crippen molar-refractivity contribution in [3.63, 3.8) is 0 Å². The van der Waals surface area contributed by atoms with Crippen LogP contribution in [0.1, 0.15) is 24.0 Å². The highest BCUT2D eigenvalue weighted by Crippen LogP contribution is 2.36. The third-order valence-corrected chi connectivity index (χ3v) is 5.48. The lowest BCUT2D eigenvalue weighted by Crippen LogP contribution is -2.50. The summed E-state index contributed by atoms with van der Waals surface area (Å²) in [4.78, 5) is 28.8. The molecule has 0 radical (unpaired) electrons. The molecule has 9 nitrogen and oxygen atoms in total. The van der Waals surface area contributed by atoms with Gasteiger partial charge in [-0.25, -0.2) is 14.4 Å². The van der Waals surface area contributed by atoms with Crippen molar-refractivity contribution < 1.29 is 13.9 Å². The summed E-state index contributed by atoms with van der Waals surface area (Å²) in [7, 11) is 0. The fourth-order valence-electron chi connectivity index (χ4n) is 3.80. The number of nitriles is 2. The zero-order valence-electron chi connectivity index (χ0n) is 16.1. The van der Waals surface area contributed by atoms with Crippen molar-refractivity contribution in [2.75, 3.05) is 31.1 Å². The number of hydrogen-bond donors (Lipinski definition) is 0. The quantitative estimate of drug-likeness (QED) is 0.733. The van der Waals surface area contributed by atoms with E-state index in [9.17, 15) is 19.7 Å². The molecule has 0 aromatic carbocycles. The molecule has 1 fully saturated rings. The summed E-state index contributed by atoms with van der Waals surface area (Å²) in [5.41, 5.74) is -0.198. The highest BCUT2D eigenvalue weighted by atomic mass is 19.1. The van der Waals surface area contributed by atoms with Gasteiger partial charge in [-0.1, -0.05) is 0 Å². The SMILES string of the molecule is N#Cc1cncc2c1OCCN(C(=O)C1(C#N)CCN(c3ncc(F)cn3)CC1)C2. The van der Waals surface area contributed by atoms with E-state index in [0.29, 0.717) is 55.3 Å². The molecule has 10 heteroatoms. The maximum Gasteiger partial charge on any atom is 0.243 e. The van der Waals surface area contributed by atoms with Gasteiger partial charge in [-0.3, -0.25) is 9.78 Å². The first-order valence-corrected chi connectivity index (χ1v) is 9.49. The van der Waals surface area contributed by atoms with Crippen molar-refractivity contribution in [3.8, 4) is 17.9 Å². The molecule has 1 amide bonds. The second kappa shape index (κ2) is 7.91. The lowest BCUT2D eigenvalue weighted by atomic mass is 9.78. The Balaban J connectivity index is 1.51. The van der Waals surface area contributed by atoms with Crippen molar-refractivity contribution >= 4 is 11.9 Å². The first-order valence-electron chi connectivity index (χ1n) is 9.49. The number of halogens is 1. The average molecular weight is 407 g/mol. The molecule has 2 aliphatic heterocycles. The lowest BCUT2D eigenvalue weighted by molar-refractivity contribution is -0.140. The summed E-state index contributed by atoms with van der Waals surface area (Å²) < 4.78 is 18.8. The molecule has 0 saturated carbocycles. The van der Waals surface area contributed by atoms with Crippen molar-refractivity contribution in [1.29, 1.82) is 10.5 Å². The van der Waals surface area contributed by atoms with E-state index in [1.54, 1.807) is 11.1 Å². The Kier molecular flexibility index (Phi) is 5.15. The number of amides is 1. The van der Waals surface area contributed by atoms with Gasteiger partial charge in [0.2, 0.25) is 11.9 Å². The van der Waals surface area contributed by atoms with Crippen LogP contribution in [0.2, 0.25) is 0 Å². The van der Waals surface area contributed by atoms with Gasteiger partial charge in [0, 0.05) is 31.0 Å². The van der Waals surface area contributed by atoms with E-state index in [0.717, 1.165) is 12.4 Å². The molecule has 4 rings (SSSR count). The Morgan fingerprint density at radius 2 is 1.87 bits per heavy atom. The highest BCUT2D eigenvalue weighted by Gasteiger charge is 2.45. The predicted octanol–water partition coefficient (Wildman–Crippen LogP) is 1.41. The predicted molar refractivity (Wildman–Crippen MR) is 101 cm³/mol. The molecular formula is C20H18FN7O2. The van der Waals surface area contributed by atoms with Crippen LogP contribution in [0.4, 0.5) is 10.3 Å². The third kappa shape index (κ3) is 3.48. The minimum atomic E-state index is -1.17. The number of piperidine rings is 1. The van der Waals surface area contributed by atoms with E-state index >= 15 is 0 Å². The number of pyridine rings is 1. The molecule has 1 saturated heterocycles. The standard InChI is InChI=1S/C20H18FN7O2/c21-16-10-25-19(26-11-16)27-3-1-20(13-23,2-4-27)18(29)28-5-6-30-17-14(7-22)8-24-9-15(17)12-28/h8-11H,1-6,12H2. The van der Waals surface area contributed by atoms with E-state index in [1.165, 1.54) is 6.20 Å². The molecule has 2 aromatic heterocycles. The monoisotopic (exact) mass is 407 g/mol. The van der Waals surface area contributed by atoms with Crippen LogP contribution >= 0.6 is 0 Å². The van der Waals surface area contributed by atoms with Crippen LogP contribution < -0.4 is 9.64 Å². The van der Waals surface area contributed by atoms with Crippen molar-refractivity contribution in [2.45, 2.75) is 19.4 Å². The number of carbonyl (C=O) groups excluding carboxylic acids is 1. The van der Waals surface area contributed by atoms with Crippen molar-refractivity contribution in [2.24, 2.45) is 5.41 Å². The van der Waals surface area contributed by atoms with Gasteiger partial charge in [0.05, 0.1) is 31.6 Å². The molecule has 0 spiro atoms. The fourth-order valence-corrected chi connectivity index (χ4v) is 3.80. The molecule has 2 aliphatic rings. The van der Waals surface area contributed by atoms with Crippen molar-refractivity contribution in [1.82, 2.24) is 19.9 Å². The molecule has 30 heavy (non-hydrogen) atoms. The van der Waals surface area contributed by atoms with Gasteiger partial charge in [0.25, 0.3) is 0 Å². The summed E-state index contributed by atoms with van der Waals surface area (Å²) in [6.45, 7) is 1.59. The van der Waals surface area contributed by atoms with Crippen LogP contribution in [0, 0.1) is 33.9 Å². The molecule has 0 aliphatic carbocycles. The van der Waals surface area contributed by atoms with Gasteiger partial charge in [-0.05, 0) is 12.8 Å². The molecule has 4 heterocycles. The van der Waals surface area contributed by atoms with Gasteiger partial charge in [-0.2, -0.15) is 10.5 Å². The minimum absolute atomic E-state index is 0.227. The number of hydrogen-bond acceptors (Lipinski definition) is 8. The van der Waals surface area contributed by atoms with Gasteiger partial charge in [-0.15, -0.1) is 0 Å². The minimum Gasteiger partial charge on any atom is -0.490 e. The van der Waals surface area contributed by atoms with E-state index in [2.05, 4.69) is 21.0 Å². The zero-order chi connectivity index (χ0) is 21.1. The summed E-state index contributed by atoms with van der Waals surface area (Å²) in [5.74, 6) is 0.0400. The lowest BCUT2D eigenvalue weighted by Gasteiger charge is -2.38. The van der Waals surface area contributed by atoms with Gasteiger partial charge >= 0.3 is 0 Å². The Labute approximate surface area is 172 Å². The Morgan fingerprint density at radius 3 is 2.53 bits per heavy atom. The second-order valence-corrected chi connectivity index (χ2v) is 7.24. The number of ether oxygens (including phenoxy) is 1. The van der Waals surface area contributed by atoms with Gasteiger partial charge < -0.3 is 14.5 Å². The van der Waals surface area contributed by atoms with Crippen LogP contribution in [-0.2, 0) is 11.3 Å². The average Bonchev–Trinajstić information content (AvgIpc) is 3.01. The second-order valence-electron chi connectivity index (χ2n) is 7.24. The maximum atomic E-state index is 13.4. The molecule has 0 bridgehead atoms. The number of carbonyl (C=O) groups is 1. The first-order chi connectivity index (χ1) is 14.6. The van der Waals surface area contributed by atoms with Crippen LogP contribution in [0.5, 0.6) is 5.75 Å². The topological polar surface area (TPSA) is 119 Å². The number of nitrogens with zero attached hydrogens (tertiary/aromatic N) is 7. The first kappa shape index (κ1) is 19.5. The van der Waals surface area contributed by atoms with Crippen molar-refractivity contribution in [3.05, 3.63) is 41.7 Å². The summed E-state index contributed by atoms with van der Waals surface area (Å²) in [6.07, 6.45) is 5.82. The zero-order valence-corrected chi connectivity index (χ0v) is 16.1. The third-order valence-electron chi connectivity index (χ3n) is 5.48. The number of anilines is 1. The number of rotatable bonds is 2. The molecular weight excluding hydrogens is 389 g/mol. The van der Waals surface area contributed by atoms with Crippen LogP contribution in [0.25, 0.3) is 0 Å². The van der Waals surface area contributed by atoms with E-state index in [-0.39, 0.29) is 19.1 Å². The number of aromatic nitrogens is 3. The van der Waals surface area contributed by atoms with Crippen LogP contribution in [0.3, 0.4) is 0 Å². The van der Waals surface area contributed by atoms with E-state index in [4.69, 9.17) is 4.74 Å². The molecule has 0 N–H and O–H groups in total. The summed E-state index contributed by atoms with van der Waals surface area (Å²) in [5, 5.41) is 19.1. The Morgan fingerprint density at radius 1 is 1.13 bits per heavy atom. The normalized spacial score (nSPS) is 17.7. The Bertz CT molecular complexity index is 1040. The number of fused-ring (bicyclic) bond motifs is 1. The van der Waals surface area contributed by atoms with Gasteiger partial charge in [0.15, 0.2) is 5.82 Å². The maximum absolute atomic E-state index is 13.4. The molecule has 0 unspecified atom stereocenters. The summed E-state index contributed by atoms with van der Waals surface area (Å²) in [6, 6.07) is 4.28. The van der Waals surface area contributed by atoms with E-state index < -0.39 is 11.2 Å². The fraction of sp³-hybridized carbons (Fsp3) is 0.400. The molecule has 152 valence electrons.